The second-order valence-corrected chi connectivity index (χ2v) is 5.91. The third-order valence-corrected chi connectivity index (χ3v) is 4.07. The first-order valence-electron chi connectivity index (χ1n) is 8.17. The number of hydrogen-bond donors (Lipinski definition) is 1. The third kappa shape index (κ3) is 4.45. The van der Waals surface area contributed by atoms with Crippen molar-refractivity contribution in [3.05, 3.63) is 54.1 Å². The second-order valence-electron chi connectivity index (χ2n) is 5.91. The van der Waals surface area contributed by atoms with Crippen molar-refractivity contribution < 1.29 is 13.9 Å². The van der Waals surface area contributed by atoms with Gasteiger partial charge in [-0.3, -0.25) is 4.98 Å². The molecule has 1 fully saturated rings. The lowest BCUT2D eigenvalue weighted by molar-refractivity contribution is 0.122. The second kappa shape index (κ2) is 7.94. The van der Waals surface area contributed by atoms with Gasteiger partial charge in [-0.2, -0.15) is 0 Å². The first-order chi connectivity index (χ1) is 12.1. The maximum Gasteiger partial charge on any atom is 0.321 e. The molecule has 0 unspecified atom stereocenters. The summed E-state index contributed by atoms with van der Waals surface area (Å²) in [5.74, 6) is -0.350. The minimum atomic E-state index is -0.350. The van der Waals surface area contributed by atoms with Crippen LogP contribution in [0.3, 0.4) is 0 Å². The van der Waals surface area contributed by atoms with Gasteiger partial charge >= 0.3 is 6.03 Å². The molecule has 132 valence electrons. The highest BCUT2D eigenvalue weighted by Crippen LogP contribution is 2.24. The number of nitrogens with zero attached hydrogens (tertiary/aromatic N) is 3. The highest BCUT2D eigenvalue weighted by molar-refractivity contribution is 5.89. The van der Waals surface area contributed by atoms with Crippen molar-refractivity contribution in [2.75, 3.05) is 43.6 Å². The van der Waals surface area contributed by atoms with Crippen LogP contribution in [0.25, 0.3) is 0 Å². The van der Waals surface area contributed by atoms with Crippen LogP contribution in [-0.4, -0.2) is 49.3 Å². The SMILES string of the molecule is CN(Cc1ccncc1)C(=O)Nc1ccc(N2CCOCC2)c(F)c1. The van der Waals surface area contributed by atoms with Crippen LogP contribution in [0.4, 0.5) is 20.6 Å². The molecule has 0 radical (unpaired) electrons. The van der Waals surface area contributed by atoms with Gasteiger partial charge in [0.25, 0.3) is 0 Å². The monoisotopic (exact) mass is 344 g/mol. The molecule has 3 rings (SSSR count). The fraction of sp³-hybridized carbons (Fsp3) is 0.333. The highest BCUT2D eigenvalue weighted by atomic mass is 19.1. The van der Waals surface area contributed by atoms with Crippen molar-refractivity contribution in [1.82, 2.24) is 9.88 Å². The van der Waals surface area contributed by atoms with Gasteiger partial charge in [0.1, 0.15) is 5.82 Å². The topological polar surface area (TPSA) is 57.7 Å². The van der Waals surface area contributed by atoms with Crippen molar-refractivity contribution >= 4 is 17.4 Å². The number of anilines is 2. The van der Waals surface area contributed by atoms with Gasteiger partial charge in [0, 0.05) is 44.8 Å². The Morgan fingerprint density at radius 3 is 2.68 bits per heavy atom. The average Bonchev–Trinajstić information content (AvgIpc) is 2.63. The normalized spacial score (nSPS) is 14.2. The molecule has 2 amide bonds. The minimum Gasteiger partial charge on any atom is -0.378 e. The van der Waals surface area contributed by atoms with E-state index in [9.17, 15) is 9.18 Å². The number of carbonyl (C=O) groups is 1. The summed E-state index contributed by atoms with van der Waals surface area (Å²) in [5, 5.41) is 2.72. The van der Waals surface area contributed by atoms with E-state index in [1.54, 1.807) is 31.6 Å². The van der Waals surface area contributed by atoms with E-state index < -0.39 is 0 Å². The zero-order valence-electron chi connectivity index (χ0n) is 14.1. The van der Waals surface area contributed by atoms with E-state index in [1.165, 1.54) is 11.0 Å². The predicted octanol–water partition coefficient (Wildman–Crippen LogP) is 2.72. The average molecular weight is 344 g/mol. The van der Waals surface area contributed by atoms with Crippen molar-refractivity contribution in [3.8, 4) is 0 Å². The maximum atomic E-state index is 14.4. The van der Waals surface area contributed by atoms with Crippen molar-refractivity contribution in [3.63, 3.8) is 0 Å². The number of urea groups is 1. The molecule has 1 saturated heterocycles. The Balaban J connectivity index is 1.62. The molecule has 1 aromatic carbocycles. The van der Waals surface area contributed by atoms with E-state index in [4.69, 9.17) is 4.74 Å². The molecular weight excluding hydrogens is 323 g/mol. The van der Waals surface area contributed by atoms with E-state index >= 15 is 0 Å². The van der Waals surface area contributed by atoms with Crippen LogP contribution < -0.4 is 10.2 Å². The molecular formula is C18H21FN4O2. The lowest BCUT2D eigenvalue weighted by Crippen LogP contribution is -2.36. The van der Waals surface area contributed by atoms with Gasteiger partial charge in [0.15, 0.2) is 0 Å². The molecule has 2 heterocycles. The summed E-state index contributed by atoms with van der Waals surface area (Å²) < 4.78 is 19.7. The van der Waals surface area contributed by atoms with Gasteiger partial charge in [-0.1, -0.05) is 0 Å². The lowest BCUT2D eigenvalue weighted by Gasteiger charge is -2.29. The van der Waals surface area contributed by atoms with Crippen molar-refractivity contribution in [2.24, 2.45) is 0 Å². The summed E-state index contributed by atoms with van der Waals surface area (Å²) in [6.45, 7) is 2.97. The maximum absolute atomic E-state index is 14.4. The van der Waals surface area contributed by atoms with Crippen LogP contribution in [-0.2, 0) is 11.3 Å². The third-order valence-electron chi connectivity index (χ3n) is 4.07. The number of aromatic nitrogens is 1. The molecule has 0 bridgehead atoms. The van der Waals surface area contributed by atoms with Crippen LogP contribution in [0.2, 0.25) is 0 Å². The zero-order valence-corrected chi connectivity index (χ0v) is 14.1. The molecule has 0 atom stereocenters. The molecule has 7 heteroatoms. The largest absolute Gasteiger partial charge is 0.378 e. The van der Waals surface area contributed by atoms with E-state index in [-0.39, 0.29) is 11.8 Å². The van der Waals surface area contributed by atoms with E-state index in [0.717, 1.165) is 5.56 Å². The Hall–Kier alpha value is -2.67. The highest BCUT2D eigenvalue weighted by Gasteiger charge is 2.16. The molecule has 1 aliphatic heterocycles. The quantitative estimate of drug-likeness (QED) is 0.927. The van der Waals surface area contributed by atoms with Crippen LogP contribution >= 0.6 is 0 Å². The van der Waals surface area contributed by atoms with E-state index in [2.05, 4.69) is 10.3 Å². The zero-order chi connectivity index (χ0) is 17.6. The number of nitrogens with one attached hydrogen (secondary N) is 1. The molecule has 1 aliphatic rings. The summed E-state index contributed by atoms with van der Waals surface area (Å²) in [5.41, 5.74) is 1.94. The predicted molar refractivity (Wildman–Crippen MR) is 94.2 cm³/mol. The lowest BCUT2D eigenvalue weighted by atomic mass is 10.2. The minimum absolute atomic E-state index is 0.296. The first-order valence-corrected chi connectivity index (χ1v) is 8.17. The molecule has 1 N–H and O–H groups in total. The molecule has 0 saturated carbocycles. The Morgan fingerprint density at radius 1 is 1.28 bits per heavy atom. The number of amides is 2. The van der Waals surface area contributed by atoms with Crippen molar-refractivity contribution in [2.45, 2.75) is 6.54 Å². The molecule has 0 spiro atoms. The number of hydrogen-bond acceptors (Lipinski definition) is 4. The van der Waals surface area contributed by atoms with Gasteiger partial charge in [-0.15, -0.1) is 0 Å². The van der Waals surface area contributed by atoms with Crippen LogP contribution in [0.5, 0.6) is 0 Å². The number of benzene rings is 1. The smallest absolute Gasteiger partial charge is 0.321 e. The van der Waals surface area contributed by atoms with Crippen LogP contribution in [0.15, 0.2) is 42.7 Å². The van der Waals surface area contributed by atoms with Gasteiger partial charge in [0.2, 0.25) is 0 Å². The number of carbonyl (C=O) groups excluding carboxylic acids is 1. The van der Waals surface area contributed by atoms with Crippen molar-refractivity contribution in [1.29, 1.82) is 0 Å². The summed E-state index contributed by atoms with van der Waals surface area (Å²) >= 11 is 0. The van der Waals surface area contributed by atoms with Crippen LogP contribution in [0.1, 0.15) is 5.56 Å². The van der Waals surface area contributed by atoms with Gasteiger partial charge in [0.05, 0.1) is 18.9 Å². The molecule has 2 aromatic rings. The number of morpholine rings is 1. The molecule has 0 aliphatic carbocycles. The fourth-order valence-corrected chi connectivity index (χ4v) is 2.70. The Bertz CT molecular complexity index is 720. The molecule has 6 nitrogen and oxygen atoms in total. The Morgan fingerprint density at radius 2 is 2.00 bits per heavy atom. The molecule has 1 aromatic heterocycles. The summed E-state index contributed by atoms with van der Waals surface area (Å²) in [7, 11) is 1.69. The number of rotatable bonds is 4. The number of halogens is 1. The Labute approximate surface area is 146 Å². The Kier molecular flexibility index (Phi) is 5.45. The van der Waals surface area contributed by atoms with Gasteiger partial charge in [-0.05, 0) is 35.9 Å². The number of pyridine rings is 1. The molecule has 25 heavy (non-hydrogen) atoms. The summed E-state index contributed by atoms with van der Waals surface area (Å²) in [6, 6.07) is 8.16. The number of ether oxygens (including phenoxy) is 1. The first kappa shape index (κ1) is 17.2. The van der Waals surface area contributed by atoms with Crippen LogP contribution in [0, 0.1) is 5.82 Å². The van der Waals surface area contributed by atoms with Gasteiger partial charge < -0.3 is 19.9 Å². The van der Waals surface area contributed by atoms with Gasteiger partial charge in [-0.25, -0.2) is 9.18 Å². The summed E-state index contributed by atoms with van der Waals surface area (Å²) in [4.78, 5) is 19.7. The van der Waals surface area contributed by atoms with E-state index in [1.807, 2.05) is 17.0 Å². The summed E-state index contributed by atoms with van der Waals surface area (Å²) in [6.07, 6.45) is 3.36. The fourth-order valence-electron chi connectivity index (χ4n) is 2.70. The standard InChI is InChI=1S/C18H21FN4O2/c1-22(13-14-4-6-20-7-5-14)18(24)21-15-2-3-17(16(19)12-15)23-8-10-25-11-9-23/h2-7,12H,8-11,13H2,1H3,(H,21,24). The van der Waals surface area contributed by atoms with E-state index in [0.29, 0.717) is 44.2 Å².